The zero-order chi connectivity index (χ0) is 12.7. The summed E-state index contributed by atoms with van der Waals surface area (Å²) in [5.41, 5.74) is 2.35. The van der Waals surface area contributed by atoms with E-state index in [4.69, 9.17) is 11.6 Å². The van der Waals surface area contributed by atoms with E-state index >= 15 is 0 Å². The van der Waals surface area contributed by atoms with Crippen molar-refractivity contribution >= 4 is 27.7 Å². The first kappa shape index (κ1) is 11.0. The molecule has 0 aliphatic rings. The summed E-state index contributed by atoms with van der Waals surface area (Å²) in [6.45, 7) is 0. The van der Waals surface area contributed by atoms with Crippen LogP contribution in [-0.2, 0) is 7.05 Å². The third kappa shape index (κ3) is 1.62. The van der Waals surface area contributed by atoms with E-state index in [9.17, 15) is 4.79 Å². The maximum absolute atomic E-state index is 11.4. The van der Waals surface area contributed by atoms with Crippen LogP contribution in [0.2, 0.25) is 0 Å². The molecule has 0 bridgehead atoms. The van der Waals surface area contributed by atoms with Crippen molar-refractivity contribution < 1.29 is 4.79 Å². The number of aryl methyl sites for hydroxylation is 1. The van der Waals surface area contributed by atoms with Gasteiger partial charge in [-0.25, -0.2) is 0 Å². The molecule has 0 unspecified atom stereocenters. The minimum Gasteiger partial charge on any atom is -0.313 e. The van der Waals surface area contributed by atoms with Crippen LogP contribution in [0.25, 0.3) is 16.6 Å². The standard InChI is InChI=1S/C13H10ClN3O/c1-16-7-9(6-15-16)17-8-11(13(14)18)10-4-2-3-5-12(10)17/h2-8H,1H3. The van der Waals surface area contributed by atoms with E-state index in [1.54, 1.807) is 17.1 Å². The maximum Gasteiger partial charge on any atom is 0.254 e. The second kappa shape index (κ2) is 3.99. The lowest BCUT2D eigenvalue weighted by Crippen LogP contribution is -1.90. The van der Waals surface area contributed by atoms with E-state index in [0.717, 1.165) is 16.6 Å². The average Bonchev–Trinajstić information content (AvgIpc) is 2.92. The number of hydrogen-bond acceptors (Lipinski definition) is 2. The van der Waals surface area contributed by atoms with Crippen LogP contribution in [0.1, 0.15) is 10.4 Å². The Kier molecular flexibility index (Phi) is 2.45. The Balaban J connectivity index is 2.33. The van der Waals surface area contributed by atoms with E-state index in [2.05, 4.69) is 5.10 Å². The molecular formula is C13H10ClN3O. The average molecular weight is 260 g/mol. The Morgan fingerprint density at radius 2 is 2.06 bits per heavy atom. The summed E-state index contributed by atoms with van der Waals surface area (Å²) in [6, 6.07) is 7.65. The summed E-state index contributed by atoms with van der Waals surface area (Å²) in [5, 5.41) is 4.53. The first-order valence-electron chi connectivity index (χ1n) is 5.46. The predicted molar refractivity (Wildman–Crippen MR) is 70.2 cm³/mol. The number of fused-ring (bicyclic) bond motifs is 1. The summed E-state index contributed by atoms with van der Waals surface area (Å²) in [6.07, 6.45) is 5.38. The molecule has 1 aromatic carbocycles. The Labute approximate surface area is 108 Å². The van der Waals surface area contributed by atoms with Gasteiger partial charge in [-0.05, 0) is 17.7 Å². The molecule has 2 aromatic heterocycles. The maximum atomic E-state index is 11.4. The third-order valence-corrected chi connectivity index (χ3v) is 3.10. The van der Waals surface area contributed by atoms with E-state index < -0.39 is 5.24 Å². The quantitative estimate of drug-likeness (QED) is 0.664. The summed E-state index contributed by atoms with van der Waals surface area (Å²) >= 11 is 5.62. The van der Waals surface area contributed by atoms with Gasteiger partial charge in [-0.1, -0.05) is 18.2 Å². The molecule has 0 radical (unpaired) electrons. The van der Waals surface area contributed by atoms with Crippen LogP contribution < -0.4 is 0 Å². The van der Waals surface area contributed by atoms with Crippen LogP contribution >= 0.6 is 11.6 Å². The zero-order valence-electron chi connectivity index (χ0n) is 9.67. The lowest BCUT2D eigenvalue weighted by Gasteiger charge is -1.99. The molecule has 5 heteroatoms. The van der Waals surface area contributed by atoms with E-state index in [1.165, 1.54) is 0 Å². The monoisotopic (exact) mass is 259 g/mol. The van der Waals surface area contributed by atoms with Crippen LogP contribution in [0.3, 0.4) is 0 Å². The van der Waals surface area contributed by atoms with Gasteiger partial charge in [-0.15, -0.1) is 0 Å². The molecule has 0 atom stereocenters. The van der Waals surface area contributed by atoms with Gasteiger partial charge in [0.2, 0.25) is 0 Å². The molecule has 4 nitrogen and oxygen atoms in total. The van der Waals surface area contributed by atoms with Crippen LogP contribution in [-0.4, -0.2) is 19.6 Å². The number of halogens is 1. The largest absolute Gasteiger partial charge is 0.313 e. The highest BCUT2D eigenvalue weighted by Gasteiger charge is 2.14. The van der Waals surface area contributed by atoms with Crippen LogP contribution in [0.4, 0.5) is 0 Å². The van der Waals surface area contributed by atoms with Crippen molar-refractivity contribution in [2.75, 3.05) is 0 Å². The predicted octanol–water partition coefficient (Wildman–Crippen LogP) is 2.74. The highest BCUT2D eigenvalue weighted by molar-refractivity contribution is 6.68. The van der Waals surface area contributed by atoms with Crippen molar-refractivity contribution in [1.82, 2.24) is 14.3 Å². The molecule has 0 fully saturated rings. The molecule has 18 heavy (non-hydrogen) atoms. The number of carbonyl (C=O) groups excluding carboxylic acids is 1. The molecule has 0 spiro atoms. The summed E-state index contributed by atoms with van der Waals surface area (Å²) in [7, 11) is 1.85. The Hall–Kier alpha value is -2.07. The highest BCUT2D eigenvalue weighted by Crippen LogP contribution is 2.25. The van der Waals surface area contributed by atoms with Crippen molar-refractivity contribution in [3.8, 4) is 5.69 Å². The first-order chi connectivity index (χ1) is 8.66. The van der Waals surface area contributed by atoms with Crippen molar-refractivity contribution in [3.05, 3.63) is 48.4 Å². The second-order valence-electron chi connectivity index (χ2n) is 4.08. The molecular weight excluding hydrogens is 250 g/mol. The minimum atomic E-state index is -0.450. The molecule has 90 valence electrons. The molecule has 0 N–H and O–H groups in total. The fourth-order valence-corrected chi connectivity index (χ4v) is 2.23. The number of nitrogens with zero attached hydrogens (tertiary/aromatic N) is 3. The molecule has 0 saturated carbocycles. The lowest BCUT2D eigenvalue weighted by atomic mass is 10.2. The van der Waals surface area contributed by atoms with Crippen molar-refractivity contribution in [2.45, 2.75) is 0 Å². The normalized spacial score (nSPS) is 11.0. The van der Waals surface area contributed by atoms with Gasteiger partial charge in [0.1, 0.15) is 0 Å². The molecule has 2 heterocycles. The zero-order valence-corrected chi connectivity index (χ0v) is 10.4. The fourth-order valence-electron chi connectivity index (χ4n) is 2.08. The number of aromatic nitrogens is 3. The van der Waals surface area contributed by atoms with Crippen LogP contribution in [0, 0.1) is 0 Å². The Morgan fingerprint density at radius 3 is 2.72 bits per heavy atom. The Bertz CT molecular complexity index is 742. The Morgan fingerprint density at radius 1 is 1.28 bits per heavy atom. The SMILES string of the molecule is Cn1cc(-n2cc(C(=O)Cl)c3ccccc32)cn1. The van der Waals surface area contributed by atoms with Gasteiger partial charge in [-0.2, -0.15) is 5.10 Å². The molecule has 0 aliphatic heterocycles. The van der Waals surface area contributed by atoms with Crippen LogP contribution in [0.15, 0.2) is 42.9 Å². The van der Waals surface area contributed by atoms with Gasteiger partial charge in [0.25, 0.3) is 5.24 Å². The van der Waals surface area contributed by atoms with E-state index in [-0.39, 0.29) is 0 Å². The molecule has 3 aromatic rings. The fraction of sp³-hybridized carbons (Fsp3) is 0.0769. The molecule has 0 saturated heterocycles. The second-order valence-corrected chi connectivity index (χ2v) is 4.42. The number of carbonyl (C=O) groups is 1. The smallest absolute Gasteiger partial charge is 0.254 e. The number of benzene rings is 1. The molecule has 3 rings (SSSR count). The van der Waals surface area contributed by atoms with Crippen molar-refractivity contribution in [2.24, 2.45) is 7.05 Å². The van der Waals surface area contributed by atoms with Gasteiger partial charge in [-0.3, -0.25) is 9.48 Å². The minimum absolute atomic E-state index is 0.450. The van der Waals surface area contributed by atoms with Gasteiger partial charge in [0.15, 0.2) is 0 Å². The van der Waals surface area contributed by atoms with Gasteiger partial charge >= 0.3 is 0 Å². The number of para-hydroxylation sites is 1. The number of rotatable bonds is 2. The van der Waals surface area contributed by atoms with Crippen LogP contribution in [0.5, 0.6) is 0 Å². The van der Waals surface area contributed by atoms with Gasteiger partial charge < -0.3 is 4.57 Å². The topological polar surface area (TPSA) is 39.8 Å². The summed E-state index contributed by atoms with van der Waals surface area (Å²) < 4.78 is 3.63. The van der Waals surface area contributed by atoms with E-state index in [1.807, 2.05) is 42.1 Å². The van der Waals surface area contributed by atoms with Gasteiger partial charge in [0.05, 0.1) is 23.0 Å². The number of hydrogen-bond donors (Lipinski definition) is 0. The molecule has 0 aliphatic carbocycles. The summed E-state index contributed by atoms with van der Waals surface area (Å²) in [4.78, 5) is 11.4. The van der Waals surface area contributed by atoms with E-state index in [0.29, 0.717) is 5.56 Å². The highest BCUT2D eigenvalue weighted by atomic mass is 35.5. The third-order valence-electron chi connectivity index (χ3n) is 2.89. The van der Waals surface area contributed by atoms with Crippen molar-refractivity contribution in [3.63, 3.8) is 0 Å². The van der Waals surface area contributed by atoms with Crippen molar-refractivity contribution in [1.29, 1.82) is 0 Å². The molecule has 0 amide bonds. The lowest BCUT2D eigenvalue weighted by molar-refractivity contribution is 0.108. The van der Waals surface area contributed by atoms with Gasteiger partial charge in [0, 0.05) is 24.8 Å². The first-order valence-corrected chi connectivity index (χ1v) is 5.83. The summed E-state index contributed by atoms with van der Waals surface area (Å²) in [5.74, 6) is 0.